The molecule has 3 N–H and O–H groups in total. The van der Waals surface area contributed by atoms with E-state index in [4.69, 9.17) is 21.9 Å². The van der Waals surface area contributed by atoms with Gasteiger partial charge in [0.2, 0.25) is 5.91 Å². The summed E-state index contributed by atoms with van der Waals surface area (Å²) in [5.74, 6) is 0.799. The van der Waals surface area contributed by atoms with E-state index < -0.39 is 17.7 Å². The second kappa shape index (κ2) is 14.5. The molecule has 0 radical (unpaired) electrons. The quantitative estimate of drug-likeness (QED) is 0.368. The second-order valence-corrected chi connectivity index (χ2v) is 11.3. The Morgan fingerprint density at radius 3 is 2.40 bits per heavy atom. The summed E-state index contributed by atoms with van der Waals surface area (Å²) in [5.41, 5.74) is 1.20. The van der Waals surface area contributed by atoms with Gasteiger partial charge in [0.15, 0.2) is 5.11 Å². The zero-order valence-electron chi connectivity index (χ0n) is 24.7. The lowest BCUT2D eigenvalue weighted by Crippen LogP contribution is -2.55. The third kappa shape index (κ3) is 9.19. The van der Waals surface area contributed by atoms with Crippen LogP contribution in [0.5, 0.6) is 0 Å². The van der Waals surface area contributed by atoms with Crippen molar-refractivity contribution < 1.29 is 14.3 Å². The van der Waals surface area contributed by atoms with Crippen molar-refractivity contribution in [2.24, 2.45) is 0 Å². The molecule has 10 nitrogen and oxygen atoms in total. The minimum Gasteiger partial charge on any atom is -0.444 e. The van der Waals surface area contributed by atoms with Crippen LogP contribution in [-0.4, -0.2) is 95.9 Å². The molecule has 3 rings (SSSR count). The first kappa shape index (κ1) is 31.3. The van der Waals surface area contributed by atoms with Crippen molar-refractivity contribution in [3.05, 3.63) is 30.3 Å². The van der Waals surface area contributed by atoms with Gasteiger partial charge in [-0.05, 0) is 82.8 Å². The van der Waals surface area contributed by atoms with Crippen LogP contribution in [0.2, 0.25) is 0 Å². The Bertz CT molecular complexity index is 1160. The molecule has 0 bridgehead atoms. The maximum Gasteiger partial charge on any atom is 0.408 e. The number of carbonyl (C=O) groups excluding carboxylic acids is 2. The van der Waals surface area contributed by atoms with Crippen molar-refractivity contribution in [3.63, 3.8) is 0 Å². The summed E-state index contributed by atoms with van der Waals surface area (Å²) in [6.45, 7) is 17.9. The predicted molar refractivity (Wildman–Crippen MR) is 166 cm³/mol. The number of ether oxygens (including phenoxy) is 1. The number of piperazine rings is 1. The van der Waals surface area contributed by atoms with E-state index in [1.807, 2.05) is 31.2 Å². The number of alkyl carbamates (subject to hydrolysis) is 1. The maximum absolute atomic E-state index is 13.1. The van der Waals surface area contributed by atoms with Crippen LogP contribution in [0.15, 0.2) is 30.3 Å². The Balaban J connectivity index is 1.53. The highest BCUT2D eigenvalue weighted by Crippen LogP contribution is 2.23. The number of nitrogens with one attached hydrogen (secondary N) is 3. The van der Waals surface area contributed by atoms with E-state index in [9.17, 15) is 9.59 Å². The molecule has 40 heavy (non-hydrogen) atoms. The fourth-order valence-corrected chi connectivity index (χ4v) is 4.80. The van der Waals surface area contributed by atoms with Gasteiger partial charge in [-0.2, -0.15) is 0 Å². The van der Waals surface area contributed by atoms with E-state index in [1.165, 1.54) is 0 Å². The molecule has 1 aliphatic rings. The van der Waals surface area contributed by atoms with Crippen molar-refractivity contribution in [2.45, 2.75) is 59.6 Å². The Morgan fingerprint density at radius 1 is 1.07 bits per heavy atom. The lowest BCUT2D eigenvalue weighted by atomic mass is 10.1. The average Bonchev–Trinajstić information content (AvgIpc) is 2.92. The molecule has 0 saturated carbocycles. The van der Waals surface area contributed by atoms with Gasteiger partial charge in [0.1, 0.15) is 17.5 Å². The largest absolute Gasteiger partial charge is 0.444 e. The fraction of sp³-hybridized carbons (Fsp3) is 0.586. The van der Waals surface area contributed by atoms with Crippen molar-refractivity contribution >= 4 is 51.7 Å². The van der Waals surface area contributed by atoms with E-state index in [2.05, 4.69) is 45.7 Å². The van der Waals surface area contributed by atoms with Gasteiger partial charge in [0.05, 0.1) is 5.52 Å². The third-order valence-corrected chi connectivity index (χ3v) is 7.10. The Kier molecular flexibility index (Phi) is 11.3. The molecule has 2 heterocycles. The molecule has 1 saturated heterocycles. The number of hydrogen-bond donors (Lipinski definition) is 3. The highest BCUT2D eigenvalue weighted by Gasteiger charge is 2.29. The van der Waals surface area contributed by atoms with Crippen LogP contribution in [0.3, 0.4) is 0 Å². The molecular weight excluding hydrogens is 526 g/mol. The molecule has 11 heteroatoms. The van der Waals surface area contributed by atoms with Crippen LogP contribution >= 0.6 is 12.2 Å². The van der Waals surface area contributed by atoms with E-state index in [-0.39, 0.29) is 5.91 Å². The van der Waals surface area contributed by atoms with Crippen LogP contribution < -0.4 is 20.9 Å². The molecule has 1 aliphatic heterocycles. The van der Waals surface area contributed by atoms with E-state index in [0.717, 1.165) is 48.6 Å². The summed E-state index contributed by atoms with van der Waals surface area (Å²) in [7, 11) is 0. The predicted octanol–water partition coefficient (Wildman–Crippen LogP) is 3.81. The number of aromatic nitrogens is 1. The molecular formula is C29H45N7O3S. The minimum absolute atomic E-state index is 0.0834. The van der Waals surface area contributed by atoms with Crippen LogP contribution in [0, 0.1) is 0 Å². The Labute approximate surface area is 243 Å². The van der Waals surface area contributed by atoms with Gasteiger partial charge in [0.25, 0.3) is 0 Å². The summed E-state index contributed by atoms with van der Waals surface area (Å²) >= 11 is 5.46. The van der Waals surface area contributed by atoms with Crippen LogP contribution in [-0.2, 0) is 9.53 Å². The van der Waals surface area contributed by atoms with Crippen LogP contribution in [0.25, 0.3) is 10.9 Å². The summed E-state index contributed by atoms with van der Waals surface area (Å²) in [4.78, 5) is 36.5. The van der Waals surface area contributed by atoms with Gasteiger partial charge in [-0.3, -0.25) is 4.79 Å². The number of fused-ring (bicyclic) bond motifs is 1. The fourth-order valence-electron chi connectivity index (χ4n) is 4.58. The van der Waals surface area contributed by atoms with Gasteiger partial charge < -0.3 is 35.4 Å². The van der Waals surface area contributed by atoms with E-state index >= 15 is 0 Å². The summed E-state index contributed by atoms with van der Waals surface area (Å²) < 4.78 is 5.32. The second-order valence-electron chi connectivity index (χ2n) is 10.9. The number of rotatable bonds is 10. The first-order chi connectivity index (χ1) is 19.0. The number of thiocarbonyl (C=S) groups is 1. The number of amides is 2. The van der Waals surface area contributed by atoms with Crippen LogP contribution in [0.1, 0.15) is 48.0 Å². The topological polar surface area (TPSA) is 102 Å². The van der Waals surface area contributed by atoms with Gasteiger partial charge in [-0.15, -0.1) is 0 Å². The van der Waals surface area contributed by atoms with Gasteiger partial charge >= 0.3 is 6.09 Å². The van der Waals surface area contributed by atoms with Gasteiger partial charge in [0, 0.05) is 50.3 Å². The molecule has 0 aliphatic carbocycles. The van der Waals surface area contributed by atoms with Gasteiger partial charge in [-0.25, -0.2) is 9.78 Å². The van der Waals surface area contributed by atoms with Gasteiger partial charge in [-0.1, -0.05) is 20.8 Å². The smallest absolute Gasteiger partial charge is 0.408 e. The Hall–Kier alpha value is -3.18. The summed E-state index contributed by atoms with van der Waals surface area (Å²) in [5, 5.41) is 10.9. The number of hydrogen-bond acceptors (Lipinski definition) is 7. The molecule has 1 atom stereocenters. The number of benzene rings is 1. The lowest BCUT2D eigenvalue weighted by Gasteiger charge is -2.37. The summed E-state index contributed by atoms with van der Waals surface area (Å²) in [6.07, 6.45) is -0.0724. The number of likely N-dealkylation sites (N-methyl/N-ethyl adjacent to an activating group) is 1. The van der Waals surface area contributed by atoms with Crippen LogP contribution in [0.4, 0.5) is 16.3 Å². The SMILES string of the molecule is CCC(NC(=O)OC(C)(C)C)C(=O)N1CCN(c2ccc3cc(NC(=S)NCCN(CC)CC)ccc3n2)CC1. The molecule has 2 amide bonds. The molecule has 1 unspecified atom stereocenters. The zero-order chi connectivity index (χ0) is 29.3. The number of anilines is 2. The maximum atomic E-state index is 13.1. The number of carbonyl (C=O) groups is 2. The summed E-state index contributed by atoms with van der Waals surface area (Å²) in [6, 6.07) is 9.50. The minimum atomic E-state index is -0.614. The molecule has 1 aromatic heterocycles. The normalized spacial score (nSPS) is 14.7. The molecule has 1 aromatic carbocycles. The van der Waals surface area contributed by atoms with Crippen molar-refractivity contribution in [1.82, 2.24) is 25.4 Å². The number of pyridine rings is 1. The first-order valence-corrected chi connectivity index (χ1v) is 14.6. The highest BCUT2D eigenvalue weighted by atomic mass is 32.1. The first-order valence-electron chi connectivity index (χ1n) is 14.2. The Morgan fingerprint density at radius 2 is 1.77 bits per heavy atom. The molecule has 2 aromatic rings. The molecule has 0 spiro atoms. The monoisotopic (exact) mass is 571 g/mol. The van der Waals surface area contributed by atoms with Crippen molar-refractivity contribution in [1.29, 1.82) is 0 Å². The average molecular weight is 572 g/mol. The van der Waals surface area contributed by atoms with Crippen molar-refractivity contribution in [2.75, 3.05) is 62.6 Å². The lowest BCUT2D eigenvalue weighted by molar-refractivity contribution is -0.133. The zero-order valence-corrected chi connectivity index (χ0v) is 25.6. The number of nitrogens with zero attached hydrogens (tertiary/aromatic N) is 4. The van der Waals surface area contributed by atoms with E-state index in [0.29, 0.717) is 37.7 Å². The van der Waals surface area contributed by atoms with Crippen molar-refractivity contribution in [3.8, 4) is 0 Å². The standard InChI is InChI=1S/C29H45N7O3S/c1-7-23(33-28(38)39-29(4,5)6)26(37)36-18-16-35(17-19-36)25-13-10-21-20-22(11-12-24(21)32-25)31-27(40)30-14-15-34(8-2)9-3/h10-13,20,23H,7-9,14-19H2,1-6H3,(H,33,38)(H2,30,31,40). The molecule has 1 fully saturated rings. The third-order valence-electron chi connectivity index (χ3n) is 6.85. The highest BCUT2D eigenvalue weighted by molar-refractivity contribution is 7.80. The molecule has 220 valence electrons. The van der Waals surface area contributed by atoms with E-state index in [1.54, 1.807) is 25.7 Å².